The van der Waals surface area contributed by atoms with Gasteiger partial charge in [-0.3, -0.25) is 4.79 Å². The van der Waals surface area contributed by atoms with Gasteiger partial charge >= 0.3 is 0 Å². The minimum Gasteiger partial charge on any atom is -0.455 e. The number of benzene rings is 2. The quantitative estimate of drug-likeness (QED) is 0.565. The number of hydrazone groups is 1. The van der Waals surface area contributed by atoms with Crippen molar-refractivity contribution in [3.63, 3.8) is 0 Å². The van der Waals surface area contributed by atoms with Gasteiger partial charge in [-0.25, -0.2) is 14.2 Å². The first-order chi connectivity index (χ1) is 12.1. The van der Waals surface area contributed by atoms with Crippen molar-refractivity contribution in [1.29, 1.82) is 0 Å². The minimum atomic E-state index is -0.714. The van der Waals surface area contributed by atoms with Crippen LogP contribution in [0.25, 0.3) is 11.3 Å². The molecule has 126 valence electrons. The summed E-state index contributed by atoms with van der Waals surface area (Å²) in [6.45, 7) is 0. The zero-order valence-electron chi connectivity index (χ0n) is 13.1. The fraction of sp³-hybridized carbons (Fsp3) is 0.0526. The van der Waals surface area contributed by atoms with Crippen molar-refractivity contribution in [3.8, 4) is 11.3 Å². The van der Waals surface area contributed by atoms with Crippen molar-refractivity contribution >= 4 is 12.1 Å². The van der Waals surface area contributed by atoms with Gasteiger partial charge in [0.05, 0.1) is 18.2 Å². The number of nitrogens with one attached hydrogen (secondary N) is 1. The van der Waals surface area contributed by atoms with Gasteiger partial charge in [0.15, 0.2) is 0 Å². The molecule has 6 heteroatoms. The number of rotatable bonds is 5. The third-order valence-electron chi connectivity index (χ3n) is 3.41. The average Bonchev–Trinajstić information content (AvgIpc) is 3.04. The number of hydrogen-bond acceptors (Lipinski definition) is 3. The second-order valence-corrected chi connectivity index (χ2v) is 5.28. The summed E-state index contributed by atoms with van der Waals surface area (Å²) in [5.74, 6) is -1.06. The maximum atomic E-state index is 13.7. The first-order valence-corrected chi connectivity index (χ1v) is 7.53. The molecule has 2 aromatic carbocycles. The van der Waals surface area contributed by atoms with E-state index in [1.165, 1.54) is 12.3 Å². The van der Waals surface area contributed by atoms with Crippen molar-refractivity contribution in [2.75, 3.05) is 0 Å². The van der Waals surface area contributed by atoms with E-state index < -0.39 is 11.6 Å². The molecule has 1 aromatic heterocycles. The molecule has 1 amide bonds. The Hall–Kier alpha value is -3.28. The van der Waals surface area contributed by atoms with Gasteiger partial charge in [-0.1, -0.05) is 30.3 Å². The van der Waals surface area contributed by atoms with E-state index in [0.29, 0.717) is 5.76 Å². The molecule has 4 nitrogen and oxygen atoms in total. The molecule has 0 aliphatic rings. The number of hydrogen-bond donors (Lipinski definition) is 1. The summed E-state index contributed by atoms with van der Waals surface area (Å²) >= 11 is 0. The first kappa shape index (κ1) is 16.6. The van der Waals surface area contributed by atoms with Gasteiger partial charge < -0.3 is 4.42 Å². The van der Waals surface area contributed by atoms with E-state index in [0.717, 1.165) is 17.7 Å². The molecule has 1 N–H and O–H groups in total. The summed E-state index contributed by atoms with van der Waals surface area (Å²) in [6.07, 6.45) is 1.52. The largest absolute Gasteiger partial charge is 0.455 e. The Morgan fingerprint density at radius 1 is 1.08 bits per heavy atom. The van der Waals surface area contributed by atoms with Crippen LogP contribution in [0.4, 0.5) is 8.78 Å². The summed E-state index contributed by atoms with van der Waals surface area (Å²) in [5, 5.41) is 3.81. The second-order valence-electron chi connectivity index (χ2n) is 5.28. The smallest absolute Gasteiger partial charge is 0.244 e. The standard InChI is InChI=1S/C19H14F2N2O2/c20-14-6-8-16(17(21)11-14)18-9-7-15(25-18)12-22-23-19(24)10-13-4-2-1-3-5-13/h1-9,11-12H,10H2,(H,23,24)/b22-12-. The number of amides is 1. The van der Waals surface area contributed by atoms with E-state index in [-0.39, 0.29) is 23.7 Å². The van der Waals surface area contributed by atoms with Crippen LogP contribution in [0.1, 0.15) is 11.3 Å². The topological polar surface area (TPSA) is 54.6 Å². The number of carbonyl (C=O) groups is 1. The highest BCUT2D eigenvalue weighted by Gasteiger charge is 2.10. The van der Waals surface area contributed by atoms with Gasteiger partial charge in [-0.15, -0.1) is 0 Å². The lowest BCUT2D eigenvalue weighted by molar-refractivity contribution is -0.120. The Bertz CT molecular complexity index is 905. The Morgan fingerprint density at radius 2 is 1.88 bits per heavy atom. The average molecular weight is 340 g/mol. The van der Waals surface area contributed by atoms with Gasteiger partial charge in [-0.05, 0) is 29.8 Å². The zero-order valence-corrected chi connectivity index (χ0v) is 13.1. The summed E-state index contributed by atoms with van der Waals surface area (Å²) in [4.78, 5) is 11.8. The number of carbonyl (C=O) groups excluding carboxylic acids is 1. The SMILES string of the molecule is O=C(Cc1ccccc1)N/N=C\c1ccc(-c2ccc(F)cc2F)o1. The van der Waals surface area contributed by atoms with Gasteiger partial charge in [0.1, 0.15) is 23.2 Å². The van der Waals surface area contributed by atoms with Crippen molar-refractivity contribution in [1.82, 2.24) is 5.43 Å². The molecule has 0 unspecified atom stereocenters. The van der Waals surface area contributed by atoms with Gasteiger partial charge in [0.2, 0.25) is 5.91 Å². The van der Waals surface area contributed by atoms with E-state index in [4.69, 9.17) is 4.42 Å². The van der Waals surface area contributed by atoms with Gasteiger partial charge in [0, 0.05) is 6.07 Å². The molecule has 0 spiro atoms. The maximum absolute atomic E-state index is 13.7. The fourth-order valence-electron chi connectivity index (χ4n) is 2.24. The van der Waals surface area contributed by atoms with Crippen LogP contribution < -0.4 is 5.43 Å². The molecule has 0 fully saturated rings. The second kappa shape index (κ2) is 7.53. The van der Waals surface area contributed by atoms with E-state index in [1.807, 2.05) is 30.3 Å². The molecule has 0 aliphatic heterocycles. The third kappa shape index (κ3) is 4.38. The Labute approximate surface area is 142 Å². The molecule has 0 saturated carbocycles. The summed E-state index contributed by atoms with van der Waals surface area (Å²) in [7, 11) is 0. The van der Waals surface area contributed by atoms with Crippen molar-refractivity contribution in [2.24, 2.45) is 5.10 Å². The van der Waals surface area contributed by atoms with Crippen LogP contribution in [0.15, 0.2) is 70.2 Å². The molecule has 3 rings (SSSR count). The molecular weight excluding hydrogens is 326 g/mol. The van der Waals surface area contributed by atoms with Crippen LogP contribution in [0, 0.1) is 11.6 Å². The molecule has 1 heterocycles. The monoisotopic (exact) mass is 340 g/mol. The van der Waals surface area contributed by atoms with Crippen LogP contribution in [-0.2, 0) is 11.2 Å². The minimum absolute atomic E-state index is 0.147. The van der Waals surface area contributed by atoms with E-state index in [9.17, 15) is 13.6 Å². The molecule has 0 radical (unpaired) electrons. The normalized spacial score (nSPS) is 11.0. The predicted octanol–water partition coefficient (Wildman–Crippen LogP) is 3.92. The van der Waals surface area contributed by atoms with Gasteiger partial charge in [-0.2, -0.15) is 5.10 Å². The Kier molecular flexibility index (Phi) is 4.99. The van der Waals surface area contributed by atoms with Crippen molar-refractivity contribution in [3.05, 3.63) is 83.6 Å². The highest BCUT2D eigenvalue weighted by atomic mass is 19.1. The van der Waals surface area contributed by atoms with Crippen LogP contribution in [-0.4, -0.2) is 12.1 Å². The first-order valence-electron chi connectivity index (χ1n) is 7.53. The van der Waals surface area contributed by atoms with E-state index in [2.05, 4.69) is 10.5 Å². The van der Waals surface area contributed by atoms with Crippen LogP contribution in [0.3, 0.4) is 0 Å². The maximum Gasteiger partial charge on any atom is 0.244 e. The third-order valence-corrected chi connectivity index (χ3v) is 3.41. The molecule has 3 aromatic rings. The summed E-state index contributed by atoms with van der Waals surface area (Å²) < 4.78 is 32.1. The van der Waals surface area contributed by atoms with Crippen molar-refractivity contribution < 1.29 is 18.0 Å². The Morgan fingerprint density at radius 3 is 2.64 bits per heavy atom. The molecule has 0 aliphatic carbocycles. The molecule has 0 atom stereocenters. The number of halogens is 2. The van der Waals surface area contributed by atoms with E-state index in [1.54, 1.807) is 12.1 Å². The van der Waals surface area contributed by atoms with E-state index >= 15 is 0 Å². The molecule has 25 heavy (non-hydrogen) atoms. The lowest BCUT2D eigenvalue weighted by atomic mass is 10.1. The lowest BCUT2D eigenvalue weighted by Crippen LogP contribution is -2.19. The number of furan rings is 1. The lowest BCUT2D eigenvalue weighted by Gasteiger charge is -2.00. The summed E-state index contributed by atoms with van der Waals surface area (Å²) in [5.41, 5.74) is 3.42. The van der Waals surface area contributed by atoms with Gasteiger partial charge in [0.25, 0.3) is 0 Å². The Balaban J connectivity index is 1.61. The van der Waals surface area contributed by atoms with Crippen LogP contribution in [0.2, 0.25) is 0 Å². The number of nitrogens with zero attached hydrogens (tertiary/aromatic N) is 1. The highest BCUT2D eigenvalue weighted by molar-refractivity contribution is 5.82. The fourth-order valence-corrected chi connectivity index (χ4v) is 2.24. The van der Waals surface area contributed by atoms with Crippen LogP contribution in [0.5, 0.6) is 0 Å². The molecule has 0 saturated heterocycles. The summed E-state index contributed by atoms with van der Waals surface area (Å²) in [6, 6.07) is 15.6. The van der Waals surface area contributed by atoms with Crippen LogP contribution >= 0.6 is 0 Å². The molecular formula is C19H14F2N2O2. The molecule has 0 bridgehead atoms. The zero-order chi connectivity index (χ0) is 17.6. The highest BCUT2D eigenvalue weighted by Crippen LogP contribution is 2.25. The van der Waals surface area contributed by atoms with Crippen molar-refractivity contribution in [2.45, 2.75) is 6.42 Å². The predicted molar refractivity (Wildman–Crippen MR) is 89.9 cm³/mol.